The van der Waals surface area contributed by atoms with E-state index in [1.165, 1.54) is 0 Å². The SMILES string of the molecule is [N-]=C=Nc1ccc(-c2ccc(N=C=[N-])cc2)cc1. The van der Waals surface area contributed by atoms with Crippen LogP contribution in [0.1, 0.15) is 0 Å². The van der Waals surface area contributed by atoms with Gasteiger partial charge in [0.2, 0.25) is 0 Å². The second kappa shape index (κ2) is 5.51. The topological polar surface area (TPSA) is 69.3 Å². The molecule has 0 N–H and O–H groups in total. The molecule has 0 aromatic heterocycles. The van der Waals surface area contributed by atoms with Crippen molar-refractivity contribution in [1.82, 2.24) is 0 Å². The maximum absolute atomic E-state index is 8.43. The number of rotatable bonds is 3. The average Bonchev–Trinajstić information content (AvgIpc) is 2.41. The van der Waals surface area contributed by atoms with Crippen molar-refractivity contribution in [3.8, 4) is 11.1 Å². The molecule has 2 rings (SSSR count). The highest BCUT2D eigenvalue weighted by Crippen LogP contribution is 2.24. The van der Waals surface area contributed by atoms with Gasteiger partial charge in [-0.2, -0.15) is 12.0 Å². The summed E-state index contributed by atoms with van der Waals surface area (Å²) < 4.78 is 0. The van der Waals surface area contributed by atoms with Gasteiger partial charge < -0.3 is 20.8 Å². The van der Waals surface area contributed by atoms with Crippen LogP contribution in [0, 0.1) is 0 Å². The van der Waals surface area contributed by atoms with E-state index in [-0.39, 0.29) is 0 Å². The predicted octanol–water partition coefficient (Wildman–Crippen LogP) is 4.10. The van der Waals surface area contributed by atoms with Crippen LogP contribution in [0.2, 0.25) is 0 Å². The molecule has 0 unspecified atom stereocenters. The van der Waals surface area contributed by atoms with Gasteiger partial charge in [-0.3, -0.25) is 0 Å². The lowest BCUT2D eigenvalue weighted by molar-refractivity contribution is 1.51. The van der Waals surface area contributed by atoms with E-state index in [4.69, 9.17) is 10.8 Å². The van der Waals surface area contributed by atoms with Crippen LogP contribution in [-0.2, 0) is 0 Å². The van der Waals surface area contributed by atoms with Gasteiger partial charge in [0.15, 0.2) is 0 Å². The number of aliphatic imine (C=N–C) groups is 2. The number of hydrogen-bond donors (Lipinski definition) is 0. The fourth-order valence-electron chi connectivity index (χ4n) is 1.57. The Morgan fingerprint density at radius 3 is 1.22 bits per heavy atom. The zero-order valence-corrected chi connectivity index (χ0v) is 9.41. The van der Waals surface area contributed by atoms with E-state index in [1.807, 2.05) is 24.3 Å². The van der Waals surface area contributed by atoms with Crippen LogP contribution in [0.25, 0.3) is 21.9 Å². The largest absolute Gasteiger partial charge is 0.422 e. The summed E-state index contributed by atoms with van der Waals surface area (Å²) in [5, 5.41) is 16.9. The zero-order valence-electron chi connectivity index (χ0n) is 9.41. The van der Waals surface area contributed by atoms with Crippen molar-refractivity contribution in [3.05, 3.63) is 59.3 Å². The first kappa shape index (κ1) is 11.7. The summed E-state index contributed by atoms with van der Waals surface area (Å²) in [5.74, 6) is 0. The van der Waals surface area contributed by atoms with Crippen LogP contribution in [-0.4, -0.2) is 12.0 Å². The summed E-state index contributed by atoms with van der Waals surface area (Å²) >= 11 is 0. The molecule has 0 aliphatic carbocycles. The summed E-state index contributed by atoms with van der Waals surface area (Å²) in [4.78, 5) is 7.27. The summed E-state index contributed by atoms with van der Waals surface area (Å²) in [6, 6.07) is 18.2. The third-order valence-corrected chi connectivity index (χ3v) is 2.43. The molecule has 0 saturated carbocycles. The van der Waals surface area contributed by atoms with Crippen molar-refractivity contribution in [1.29, 1.82) is 0 Å². The molecule has 0 fully saturated rings. The highest BCUT2D eigenvalue weighted by Gasteiger charge is 1.95. The van der Waals surface area contributed by atoms with Crippen molar-refractivity contribution < 1.29 is 0 Å². The maximum atomic E-state index is 8.43. The highest BCUT2D eigenvalue weighted by molar-refractivity contribution is 5.68. The highest BCUT2D eigenvalue weighted by atomic mass is 14.7. The molecular weight excluding hydrogens is 224 g/mol. The van der Waals surface area contributed by atoms with Crippen LogP contribution in [0.15, 0.2) is 58.5 Å². The summed E-state index contributed by atoms with van der Waals surface area (Å²) in [6.07, 6.45) is 0. The molecule has 0 bridgehead atoms. The van der Waals surface area contributed by atoms with Crippen molar-refractivity contribution in [2.75, 3.05) is 0 Å². The van der Waals surface area contributed by atoms with Crippen LogP contribution in [0.3, 0.4) is 0 Å². The molecule has 2 aromatic rings. The summed E-state index contributed by atoms with van der Waals surface area (Å²) in [6.45, 7) is 0. The third kappa shape index (κ3) is 2.66. The van der Waals surface area contributed by atoms with Gasteiger partial charge in [0.25, 0.3) is 0 Å². The lowest BCUT2D eigenvalue weighted by atomic mass is 10.1. The van der Waals surface area contributed by atoms with Crippen LogP contribution in [0.5, 0.6) is 0 Å². The Balaban J connectivity index is 2.30. The Morgan fingerprint density at radius 1 is 0.611 bits per heavy atom. The normalized spacial score (nSPS) is 9.11. The molecule has 0 aliphatic rings. The Kier molecular flexibility index (Phi) is 3.57. The molecular formula is C14H8N4-2. The molecule has 0 spiro atoms. The molecule has 0 amide bonds. The van der Waals surface area contributed by atoms with E-state index in [1.54, 1.807) is 36.3 Å². The lowest BCUT2D eigenvalue weighted by Gasteiger charge is -2.05. The van der Waals surface area contributed by atoms with E-state index in [2.05, 4.69) is 9.98 Å². The summed E-state index contributed by atoms with van der Waals surface area (Å²) in [5.41, 5.74) is 3.32. The monoisotopic (exact) mass is 232 g/mol. The number of nitrogens with zero attached hydrogens (tertiary/aromatic N) is 4. The van der Waals surface area contributed by atoms with Gasteiger partial charge in [-0.1, -0.05) is 48.5 Å². The summed E-state index contributed by atoms with van der Waals surface area (Å²) in [7, 11) is 0. The third-order valence-electron chi connectivity index (χ3n) is 2.43. The maximum Gasteiger partial charge on any atom is -0.0184 e. The van der Waals surface area contributed by atoms with Gasteiger partial charge in [0.05, 0.1) is 0 Å². The zero-order chi connectivity index (χ0) is 12.8. The van der Waals surface area contributed by atoms with E-state index >= 15 is 0 Å². The molecule has 0 radical (unpaired) electrons. The molecule has 0 saturated heterocycles. The van der Waals surface area contributed by atoms with Crippen molar-refractivity contribution in [2.24, 2.45) is 9.98 Å². The van der Waals surface area contributed by atoms with E-state index in [0.717, 1.165) is 11.1 Å². The van der Waals surface area contributed by atoms with Crippen LogP contribution >= 0.6 is 0 Å². The molecule has 18 heavy (non-hydrogen) atoms. The molecule has 86 valence electrons. The molecule has 0 aliphatic heterocycles. The standard InChI is InChI=1S/C14H8N4/c15-9-17-13-5-1-11(2-6-13)12-3-7-14(8-4-12)18-10-16/h1-8H/q-2. The van der Waals surface area contributed by atoms with Crippen LogP contribution in [0.4, 0.5) is 11.4 Å². The molecule has 2 aromatic carbocycles. The average molecular weight is 232 g/mol. The quantitative estimate of drug-likeness (QED) is 0.715. The minimum absolute atomic E-state index is 0.636. The Labute approximate surface area is 104 Å². The predicted molar refractivity (Wildman–Crippen MR) is 72.8 cm³/mol. The van der Waals surface area contributed by atoms with Crippen molar-refractivity contribution in [3.63, 3.8) is 0 Å². The first-order chi connectivity index (χ1) is 8.83. The first-order valence-electron chi connectivity index (χ1n) is 5.23. The fraction of sp³-hybridized carbons (Fsp3) is 0. The first-order valence-corrected chi connectivity index (χ1v) is 5.23. The van der Waals surface area contributed by atoms with E-state index in [0.29, 0.717) is 11.4 Å². The Hall–Kier alpha value is -2.80. The smallest absolute Gasteiger partial charge is 0.0184 e. The van der Waals surface area contributed by atoms with Gasteiger partial charge in [-0.05, 0) is 22.5 Å². The number of hydrogen-bond acceptors (Lipinski definition) is 2. The van der Waals surface area contributed by atoms with Crippen molar-refractivity contribution >= 4 is 23.4 Å². The van der Waals surface area contributed by atoms with Crippen molar-refractivity contribution in [2.45, 2.75) is 0 Å². The van der Waals surface area contributed by atoms with Crippen LogP contribution < -0.4 is 0 Å². The second-order valence-electron chi connectivity index (χ2n) is 3.52. The van der Waals surface area contributed by atoms with Gasteiger partial charge >= 0.3 is 0 Å². The number of benzene rings is 2. The van der Waals surface area contributed by atoms with E-state index in [9.17, 15) is 0 Å². The van der Waals surface area contributed by atoms with E-state index < -0.39 is 0 Å². The molecule has 4 nitrogen and oxygen atoms in total. The van der Waals surface area contributed by atoms with Gasteiger partial charge in [0, 0.05) is 0 Å². The second-order valence-corrected chi connectivity index (χ2v) is 3.52. The fourth-order valence-corrected chi connectivity index (χ4v) is 1.57. The molecule has 0 atom stereocenters. The molecule has 4 heteroatoms. The molecule has 0 heterocycles. The Bertz CT molecular complexity index is 569. The minimum Gasteiger partial charge on any atom is -0.422 e. The lowest BCUT2D eigenvalue weighted by Crippen LogP contribution is -1.76. The minimum atomic E-state index is 0.636. The van der Waals surface area contributed by atoms with Gasteiger partial charge in [0.1, 0.15) is 0 Å². The van der Waals surface area contributed by atoms with Gasteiger partial charge in [-0.15, -0.1) is 0 Å². The van der Waals surface area contributed by atoms with Gasteiger partial charge in [-0.25, -0.2) is 0 Å². The Morgan fingerprint density at radius 2 is 0.944 bits per heavy atom.